The molecule has 8 nitrogen and oxygen atoms in total. The van der Waals surface area contributed by atoms with E-state index in [2.05, 4.69) is 15.6 Å². The average molecular weight is 482 g/mol. The second kappa shape index (κ2) is 10.2. The number of rotatable bonds is 8. The molecule has 1 aromatic heterocycles. The minimum atomic E-state index is -0.415. The summed E-state index contributed by atoms with van der Waals surface area (Å²) in [5.41, 5.74) is 1.50. The van der Waals surface area contributed by atoms with Crippen molar-refractivity contribution in [2.75, 3.05) is 31.5 Å². The molecule has 10 heteroatoms. The molecule has 0 radical (unpaired) electrons. The molecule has 1 heterocycles. The minimum Gasteiger partial charge on any atom is -0.497 e. The molecule has 2 amide bonds. The zero-order valence-corrected chi connectivity index (χ0v) is 19.1. The first-order chi connectivity index (χ1) is 16.4. The van der Waals surface area contributed by atoms with Gasteiger partial charge >= 0.3 is 0 Å². The number of methoxy groups -OCH3 is 2. The number of nitrogens with one attached hydrogen (secondary N) is 2. The molecule has 0 saturated heterocycles. The van der Waals surface area contributed by atoms with E-state index < -0.39 is 5.91 Å². The van der Waals surface area contributed by atoms with Crippen molar-refractivity contribution < 1.29 is 28.2 Å². The lowest BCUT2D eigenvalue weighted by atomic mass is 10.2. The van der Waals surface area contributed by atoms with Crippen LogP contribution in [-0.2, 0) is 4.79 Å². The van der Waals surface area contributed by atoms with Crippen LogP contribution in [0.2, 0.25) is 0 Å². The number of thiazole rings is 1. The third-order valence-electron chi connectivity index (χ3n) is 4.73. The van der Waals surface area contributed by atoms with Crippen LogP contribution in [-0.4, -0.2) is 37.6 Å². The van der Waals surface area contributed by atoms with Crippen LogP contribution in [0, 0.1) is 5.82 Å². The van der Waals surface area contributed by atoms with Gasteiger partial charge in [0.25, 0.3) is 11.8 Å². The molecule has 0 saturated carbocycles. The molecule has 34 heavy (non-hydrogen) atoms. The fourth-order valence-corrected chi connectivity index (χ4v) is 3.95. The lowest BCUT2D eigenvalue weighted by Gasteiger charge is -2.12. The number of benzene rings is 3. The molecule has 4 rings (SSSR count). The zero-order chi connectivity index (χ0) is 24.1. The zero-order valence-electron chi connectivity index (χ0n) is 18.3. The molecular formula is C24H20FN3O5S. The van der Waals surface area contributed by atoms with Crippen molar-refractivity contribution in [2.24, 2.45) is 0 Å². The molecule has 0 aliphatic rings. The molecule has 0 spiro atoms. The second-order valence-electron chi connectivity index (χ2n) is 7.02. The molecule has 0 bridgehead atoms. The van der Waals surface area contributed by atoms with Gasteiger partial charge in [-0.1, -0.05) is 11.3 Å². The number of aromatic nitrogens is 1. The van der Waals surface area contributed by atoms with E-state index in [9.17, 15) is 14.0 Å². The lowest BCUT2D eigenvalue weighted by Crippen LogP contribution is -2.20. The van der Waals surface area contributed by atoms with Crippen molar-refractivity contribution >= 4 is 44.2 Å². The monoisotopic (exact) mass is 481 g/mol. The maximum atomic E-state index is 13.4. The summed E-state index contributed by atoms with van der Waals surface area (Å²) in [6.07, 6.45) is 0. The third-order valence-corrected chi connectivity index (χ3v) is 5.66. The summed E-state index contributed by atoms with van der Waals surface area (Å²) in [7, 11) is 3.00. The maximum Gasteiger partial charge on any atom is 0.262 e. The van der Waals surface area contributed by atoms with Gasteiger partial charge in [0.15, 0.2) is 23.2 Å². The molecule has 0 aliphatic carbocycles. The average Bonchev–Trinajstić information content (AvgIpc) is 3.24. The molecule has 174 valence electrons. The van der Waals surface area contributed by atoms with Gasteiger partial charge in [-0.05, 0) is 60.7 Å². The Labute approximate surface area is 198 Å². The molecule has 0 unspecified atom stereocenters. The van der Waals surface area contributed by atoms with Crippen LogP contribution in [0.3, 0.4) is 0 Å². The predicted octanol–water partition coefficient (Wildman–Crippen LogP) is 4.72. The third kappa shape index (κ3) is 5.41. The topological polar surface area (TPSA) is 98.8 Å². The number of hydrogen-bond acceptors (Lipinski definition) is 7. The summed E-state index contributed by atoms with van der Waals surface area (Å²) in [5, 5.41) is 5.77. The highest BCUT2D eigenvalue weighted by atomic mass is 32.1. The van der Waals surface area contributed by atoms with E-state index in [0.29, 0.717) is 38.1 Å². The van der Waals surface area contributed by atoms with Crippen LogP contribution in [0.4, 0.5) is 15.2 Å². The highest BCUT2D eigenvalue weighted by Crippen LogP contribution is 2.30. The van der Waals surface area contributed by atoms with E-state index in [1.54, 1.807) is 49.6 Å². The van der Waals surface area contributed by atoms with Gasteiger partial charge in [-0.25, -0.2) is 9.37 Å². The number of anilines is 2. The lowest BCUT2D eigenvalue weighted by molar-refractivity contribution is -0.118. The van der Waals surface area contributed by atoms with E-state index in [1.807, 2.05) is 0 Å². The first-order valence-electron chi connectivity index (χ1n) is 10.1. The van der Waals surface area contributed by atoms with Crippen LogP contribution < -0.4 is 24.8 Å². The summed E-state index contributed by atoms with van der Waals surface area (Å²) in [4.78, 5) is 29.2. The molecule has 0 aliphatic heterocycles. The fraction of sp³-hybridized carbons (Fsp3) is 0.125. The number of amides is 2. The van der Waals surface area contributed by atoms with Gasteiger partial charge in [-0.2, -0.15) is 0 Å². The van der Waals surface area contributed by atoms with E-state index in [0.717, 1.165) is 0 Å². The van der Waals surface area contributed by atoms with Gasteiger partial charge in [0, 0.05) is 11.3 Å². The van der Waals surface area contributed by atoms with Crippen molar-refractivity contribution in [1.29, 1.82) is 0 Å². The summed E-state index contributed by atoms with van der Waals surface area (Å²) >= 11 is 1.17. The first-order valence-corrected chi connectivity index (χ1v) is 10.9. The van der Waals surface area contributed by atoms with Gasteiger partial charge in [-0.15, -0.1) is 0 Å². The Balaban J connectivity index is 1.38. The Kier molecular flexibility index (Phi) is 6.88. The number of hydrogen-bond donors (Lipinski definition) is 2. The molecular weight excluding hydrogens is 461 g/mol. The van der Waals surface area contributed by atoms with Crippen molar-refractivity contribution in [3.63, 3.8) is 0 Å². The number of nitrogens with zero attached hydrogens (tertiary/aromatic N) is 1. The minimum absolute atomic E-state index is 0.254. The normalized spacial score (nSPS) is 10.6. The summed E-state index contributed by atoms with van der Waals surface area (Å²) in [6, 6.07) is 15.7. The Morgan fingerprint density at radius 3 is 2.47 bits per heavy atom. The van der Waals surface area contributed by atoms with Gasteiger partial charge in [0.05, 0.1) is 24.4 Å². The van der Waals surface area contributed by atoms with Crippen molar-refractivity contribution in [3.05, 3.63) is 72.0 Å². The molecule has 3 aromatic carbocycles. The Bertz CT molecular complexity index is 1340. The van der Waals surface area contributed by atoms with E-state index in [-0.39, 0.29) is 24.1 Å². The summed E-state index contributed by atoms with van der Waals surface area (Å²) < 4.78 is 30.0. The summed E-state index contributed by atoms with van der Waals surface area (Å²) in [5.74, 6) is 0.130. The van der Waals surface area contributed by atoms with Crippen LogP contribution in [0.5, 0.6) is 17.2 Å². The number of carbonyl (C=O) groups is 2. The summed E-state index contributed by atoms with van der Waals surface area (Å²) in [6.45, 7) is -0.254. The predicted molar refractivity (Wildman–Crippen MR) is 128 cm³/mol. The van der Waals surface area contributed by atoms with Crippen LogP contribution in [0.25, 0.3) is 10.2 Å². The SMILES string of the molecule is COc1ccc(NC(=O)COc2ccc(C(=O)Nc3nc4ccc(F)cc4s3)cc2OC)cc1. The van der Waals surface area contributed by atoms with Gasteiger partial charge in [0.2, 0.25) is 0 Å². The van der Waals surface area contributed by atoms with Crippen molar-refractivity contribution in [3.8, 4) is 17.2 Å². The maximum absolute atomic E-state index is 13.4. The first kappa shape index (κ1) is 23.0. The highest BCUT2D eigenvalue weighted by molar-refractivity contribution is 7.22. The Morgan fingerprint density at radius 2 is 1.74 bits per heavy atom. The Hall–Kier alpha value is -4.18. The number of halogens is 1. The number of carbonyl (C=O) groups excluding carboxylic acids is 2. The molecule has 0 atom stereocenters. The van der Waals surface area contributed by atoms with Gasteiger partial charge < -0.3 is 19.5 Å². The van der Waals surface area contributed by atoms with Crippen molar-refractivity contribution in [1.82, 2.24) is 4.98 Å². The van der Waals surface area contributed by atoms with Crippen LogP contribution in [0.15, 0.2) is 60.7 Å². The van der Waals surface area contributed by atoms with E-state index >= 15 is 0 Å². The van der Waals surface area contributed by atoms with Crippen LogP contribution in [0.1, 0.15) is 10.4 Å². The molecule has 0 fully saturated rings. The van der Waals surface area contributed by atoms with Crippen molar-refractivity contribution in [2.45, 2.75) is 0 Å². The fourth-order valence-electron chi connectivity index (χ4n) is 3.06. The largest absolute Gasteiger partial charge is 0.497 e. The van der Waals surface area contributed by atoms with E-state index in [4.69, 9.17) is 14.2 Å². The Morgan fingerprint density at radius 1 is 0.941 bits per heavy atom. The second-order valence-corrected chi connectivity index (χ2v) is 8.05. The van der Waals surface area contributed by atoms with Crippen LogP contribution >= 0.6 is 11.3 Å². The quantitative estimate of drug-likeness (QED) is 0.378. The number of fused-ring (bicyclic) bond motifs is 1. The smallest absolute Gasteiger partial charge is 0.262 e. The number of ether oxygens (including phenoxy) is 3. The molecule has 2 N–H and O–H groups in total. The van der Waals surface area contributed by atoms with E-state index in [1.165, 1.54) is 36.6 Å². The highest BCUT2D eigenvalue weighted by Gasteiger charge is 2.15. The van der Waals surface area contributed by atoms with Gasteiger partial charge in [0.1, 0.15) is 11.6 Å². The molecule has 4 aromatic rings. The van der Waals surface area contributed by atoms with Gasteiger partial charge in [-0.3, -0.25) is 14.9 Å². The standard InChI is InChI=1S/C24H20FN3O5S/c1-31-17-7-5-16(6-8-17)26-22(29)13-33-19-10-3-14(11-20(19)32-2)23(30)28-24-27-18-9-4-15(25)12-21(18)34-24/h3-12H,13H2,1-2H3,(H,26,29)(H,27,28,30).